The van der Waals surface area contributed by atoms with Gasteiger partial charge in [0.2, 0.25) is 0 Å². The minimum Gasteiger partial charge on any atom is -0.348 e. The maximum absolute atomic E-state index is 12.4. The summed E-state index contributed by atoms with van der Waals surface area (Å²) in [5.41, 5.74) is 7.21. The lowest BCUT2D eigenvalue weighted by molar-refractivity contribution is 0.0932. The monoisotopic (exact) mass is 340 g/mol. The number of amides is 2. The molecule has 1 aromatic carbocycles. The molecule has 2 aromatic rings. The first-order chi connectivity index (χ1) is 12.0. The van der Waals surface area contributed by atoms with Gasteiger partial charge in [-0.05, 0) is 42.7 Å². The summed E-state index contributed by atoms with van der Waals surface area (Å²) in [4.78, 5) is 28.5. The summed E-state index contributed by atoms with van der Waals surface area (Å²) in [6.07, 6.45) is 3.91. The van der Waals surface area contributed by atoms with Crippen LogP contribution in [0.5, 0.6) is 0 Å². The van der Waals surface area contributed by atoms with Crippen molar-refractivity contribution in [2.24, 2.45) is 11.7 Å². The van der Waals surface area contributed by atoms with Gasteiger partial charge >= 0.3 is 0 Å². The van der Waals surface area contributed by atoms with E-state index in [1.807, 2.05) is 0 Å². The quantitative estimate of drug-likeness (QED) is 0.721. The molecule has 6 heteroatoms. The van der Waals surface area contributed by atoms with E-state index in [0.29, 0.717) is 29.3 Å². The van der Waals surface area contributed by atoms with Crippen molar-refractivity contribution in [3.63, 3.8) is 0 Å². The van der Waals surface area contributed by atoms with Crippen LogP contribution < -0.4 is 16.4 Å². The molecule has 0 fully saturated rings. The zero-order valence-corrected chi connectivity index (χ0v) is 14.5. The van der Waals surface area contributed by atoms with Crippen LogP contribution in [0.25, 0.3) is 0 Å². The maximum atomic E-state index is 12.4. The van der Waals surface area contributed by atoms with Crippen LogP contribution in [0.3, 0.4) is 0 Å². The highest BCUT2D eigenvalue weighted by molar-refractivity contribution is 6.04. The summed E-state index contributed by atoms with van der Waals surface area (Å²) in [6.45, 7) is 4.56. The highest BCUT2D eigenvalue weighted by Crippen LogP contribution is 2.13. The molecular weight excluding hydrogens is 316 g/mol. The van der Waals surface area contributed by atoms with E-state index in [0.717, 1.165) is 6.42 Å². The predicted octanol–water partition coefficient (Wildman–Crippen LogP) is 2.44. The van der Waals surface area contributed by atoms with Crippen molar-refractivity contribution in [3.8, 4) is 0 Å². The van der Waals surface area contributed by atoms with Gasteiger partial charge in [0.05, 0.1) is 5.56 Å². The number of hydrogen-bond donors (Lipinski definition) is 3. The minimum absolute atomic E-state index is 0.0684. The summed E-state index contributed by atoms with van der Waals surface area (Å²) >= 11 is 0. The molecule has 0 saturated carbocycles. The molecule has 1 unspecified atom stereocenters. The highest BCUT2D eigenvalue weighted by Gasteiger charge is 2.14. The van der Waals surface area contributed by atoms with Crippen LogP contribution in [-0.4, -0.2) is 29.4 Å². The smallest absolute Gasteiger partial charge is 0.257 e. The van der Waals surface area contributed by atoms with Crippen molar-refractivity contribution in [2.45, 2.75) is 26.3 Å². The lowest BCUT2D eigenvalue weighted by Gasteiger charge is -2.19. The molecule has 25 heavy (non-hydrogen) atoms. The lowest BCUT2D eigenvalue weighted by Crippen LogP contribution is -2.41. The van der Waals surface area contributed by atoms with Crippen molar-refractivity contribution in [1.82, 2.24) is 10.3 Å². The van der Waals surface area contributed by atoms with E-state index < -0.39 is 0 Å². The van der Waals surface area contributed by atoms with Crippen LogP contribution >= 0.6 is 0 Å². The number of benzene rings is 1. The molecule has 0 saturated heterocycles. The average molecular weight is 340 g/mol. The third kappa shape index (κ3) is 5.69. The number of nitrogens with one attached hydrogen (secondary N) is 2. The Morgan fingerprint density at radius 3 is 2.52 bits per heavy atom. The molecule has 0 aliphatic rings. The van der Waals surface area contributed by atoms with E-state index in [1.165, 1.54) is 6.20 Å². The van der Waals surface area contributed by atoms with Gasteiger partial charge in [-0.15, -0.1) is 0 Å². The number of rotatable bonds is 7. The Balaban J connectivity index is 2.05. The third-order valence-corrected chi connectivity index (χ3v) is 3.68. The number of carbonyl (C=O) groups is 2. The molecule has 0 aliphatic heterocycles. The van der Waals surface area contributed by atoms with Gasteiger partial charge in [-0.1, -0.05) is 19.9 Å². The molecule has 1 heterocycles. The molecular formula is C19H24N4O2. The fourth-order valence-electron chi connectivity index (χ4n) is 2.49. The van der Waals surface area contributed by atoms with E-state index in [4.69, 9.17) is 5.73 Å². The van der Waals surface area contributed by atoms with Gasteiger partial charge in [-0.2, -0.15) is 0 Å². The van der Waals surface area contributed by atoms with Crippen molar-refractivity contribution >= 4 is 17.5 Å². The van der Waals surface area contributed by atoms with Crippen LogP contribution in [0.4, 0.5) is 5.69 Å². The van der Waals surface area contributed by atoms with Crippen molar-refractivity contribution < 1.29 is 9.59 Å². The Labute approximate surface area is 147 Å². The van der Waals surface area contributed by atoms with E-state index in [-0.39, 0.29) is 17.9 Å². The maximum Gasteiger partial charge on any atom is 0.257 e. The Hall–Kier alpha value is -2.73. The topological polar surface area (TPSA) is 97.1 Å². The molecule has 2 amide bonds. The molecule has 1 aromatic heterocycles. The van der Waals surface area contributed by atoms with E-state index in [1.54, 1.807) is 42.6 Å². The van der Waals surface area contributed by atoms with Crippen molar-refractivity contribution in [1.29, 1.82) is 0 Å². The third-order valence-electron chi connectivity index (χ3n) is 3.68. The first-order valence-electron chi connectivity index (χ1n) is 8.32. The summed E-state index contributed by atoms with van der Waals surface area (Å²) in [6, 6.07) is 10.1. The van der Waals surface area contributed by atoms with Crippen LogP contribution in [0, 0.1) is 5.92 Å². The van der Waals surface area contributed by atoms with Gasteiger partial charge in [0.25, 0.3) is 11.8 Å². The van der Waals surface area contributed by atoms with Crippen LogP contribution in [0.2, 0.25) is 0 Å². The molecule has 1 atom stereocenters. The Bertz CT molecular complexity index is 716. The number of hydrogen-bond acceptors (Lipinski definition) is 4. The van der Waals surface area contributed by atoms with Gasteiger partial charge in [0.1, 0.15) is 0 Å². The second-order valence-corrected chi connectivity index (χ2v) is 6.31. The summed E-state index contributed by atoms with van der Waals surface area (Å²) in [5.74, 6) is -0.0298. The number of pyridine rings is 1. The number of nitrogens with two attached hydrogens (primary N) is 1. The Kier molecular flexibility index (Phi) is 6.65. The summed E-state index contributed by atoms with van der Waals surface area (Å²) in [5, 5.41) is 5.71. The number of anilines is 1. The van der Waals surface area contributed by atoms with Gasteiger partial charge in [0.15, 0.2) is 0 Å². The number of carbonyl (C=O) groups excluding carboxylic acids is 2. The molecule has 4 N–H and O–H groups in total. The van der Waals surface area contributed by atoms with Crippen LogP contribution in [-0.2, 0) is 0 Å². The summed E-state index contributed by atoms with van der Waals surface area (Å²) in [7, 11) is 0. The van der Waals surface area contributed by atoms with E-state index >= 15 is 0 Å². The molecule has 0 radical (unpaired) electrons. The van der Waals surface area contributed by atoms with E-state index in [9.17, 15) is 9.59 Å². The van der Waals surface area contributed by atoms with Gasteiger partial charge in [0, 0.05) is 36.2 Å². The molecule has 6 nitrogen and oxygen atoms in total. The SMILES string of the molecule is CC(C)CC(CN)NC(=O)c1cccc(NC(=O)c2cccnc2)c1. The molecule has 2 rings (SSSR count). The Morgan fingerprint density at radius 2 is 1.88 bits per heavy atom. The number of aromatic nitrogens is 1. The highest BCUT2D eigenvalue weighted by atomic mass is 16.2. The molecule has 0 spiro atoms. The first-order valence-corrected chi connectivity index (χ1v) is 8.32. The standard InChI is InChI=1S/C19H24N4O2/c1-13(2)9-17(11-20)23-18(24)14-5-3-7-16(10-14)22-19(25)15-6-4-8-21-12-15/h3-8,10,12-13,17H,9,11,20H2,1-2H3,(H,22,25)(H,23,24). The zero-order chi connectivity index (χ0) is 18.2. The molecule has 0 bridgehead atoms. The second kappa shape index (κ2) is 8.94. The normalized spacial score (nSPS) is 11.8. The van der Waals surface area contributed by atoms with Gasteiger partial charge in [-0.25, -0.2) is 0 Å². The lowest BCUT2D eigenvalue weighted by atomic mass is 10.0. The van der Waals surface area contributed by atoms with Gasteiger partial charge < -0.3 is 16.4 Å². The zero-order valence-electron chi connectivity index (χ0n) is 14.5. The van der Waals surface area contributed by atoms with Crippen LogP contribution in [0.15, 0.2) is 48.8 Å². The fraction of sp³-hybridized carbons (Fsp3) is 0.316. The van der Waals surface area contributed by atoms with Crippen molar-refractivity contribution in [3.05, 3.63) is 59.9 Å². The fourth-order valence-corrected chi connectivity index (χ4v) is 2.49. The average Bonchev–Trinajstić information content (AvgIpc) is 2.61. The van der Waals surface area contributed by atoms with Crippen molar-refractivity contribution in [2.75, 3.05) is 11.9 Å². The minimum atomic E-state index is -0.273. The van der Waals surface area contributed by atoms with Crippen LogP contribution in [0.1, 0.15) is 41.0 Å². The van der Waals surface area contributed by atoms with Gasteiger partial charge in [-0.3, -0.25) is 14.6 Å². The Morgan fingerprint density at radius 1 is 1.12 bits per heavy atom. The summed E-state index contributed by atoms with van der Waals surface area (Å²) < 4.78 is 0. The van der Waals surface area contributed by atoms with E-state index in [2.05, 4.69) is 29.5 Å². The largest absolute Gasteiger partial charge is 0.348 e. The second-order valence-electron chi connectivity index (χ2n) is 6.31. The number of nitrogens with zero attached hydrogens (tertiary/aromatic N) is 1. The molecule has 132 valence electrons. The first kappa shape index (κ1) is 18.6. The predicted molar refractivity (Wildman–Crippen MR) is 98.4 cm³/mol. The molecule has 0 aliphatic carbocycles.